The summed E-state index contributed by atoms with van der Waals surface area (Å²) in [6.45, 7) is 5.32. The Morgan fingerprint density at radius 3 is 2.69 bits per heavy atom. The number of esters is 1. The molecular weight excluding hydrogens is 340 g/mol. The number of carbonyl (C=O) groups excluding carboxylic acids is 2. The Morgan fingerprint density at radius 2 is 2.04 bits per heavy atom. The first-order chi connectivity index (χ1) is 12.3. The van der Waals surface area contributed by atoms with Crippen LogP contribution in [0.25, 0.3) is 5.82 Å². The molecule has 0 aliphatic heterocycles. The minimum Gasteiger partial charge on any atom is -0.478 e. The Hall–Kier alpha value is -3.49. The number of hydrogen-bond donors (Lipinski definition) is 2. The molecule has 0 aliphatic carbocycles. The highest BCUT2D eigenvalue weighted by Crippen LogP contribution is 2.22. The van der Waals surface area contributed by atoms with Crippen LogP contribution in [0.1, 0.15) is 28.7 Å². The van der Waals surface area contributed by atoms with E-state index >= 15 is 0 Å². The van der Waals surface area contributed by atoms with Crippen molar-refractivity contribution < 1.29 is 24.2 Å². The van der Waals surface area contributed by atoms with Crippen molar-refractivity contribution in [3.8, 4) is 5.82 Å². The molecule has 0 fully saturated rings. The molecule has 9 heteroatoms. The summed E-state index contributed by atoms with van der Waals surface area (Å²) in [6, 6.07) is 3.20. The highest BCUT2D eigenvalue weighted by molar-refractivity contribution is 6.03. The predicted molar refractivity (Wildman–Crippen MR) is 92.2 cm³/mol. The molecule has 0 unspecified atom stereocenters. The Balaban J connectivity index is 2.42. The quantitative estimate of drug-likeness (QED) is 0.594. The molecule has 2 heterocycles. The van der Waals surface area contributed by atoms with Crippen LogP contribution in [0, 0.1) is 13.8 Å². The summed E-state index contributed by atoms with van der Waals surface area (Å²) in [4.78, 5) is 38.7. The number of pyridine rings is 1. The van der Waals surface area contributed by atoms with Gasteiger partial charge in [-0.1, -0.05) is 0 Å². The van der Waals surface area contributed by atoms with Crippen LogP contribution in [0.15, 0.2) is 30.5 Å². The van der Waals surface area contributed by atoms with Gasteiger partial charge in [-0.2, -0.15) is 5.10 Å². The molecule has 2 N–H and O–H groups in total. The van der Waals surface area contributed by atoms with Gasteiger partial charge in [0, 0.05) is 18.3 Å². The van der Waals surface area contributed by atoms with Gasteiger partial charge in [0.1, 0.15) is 5.56 Å². The lowest BCUT2D eigenvalue weighted by Crippen LogP contribution is -2.14. The second-order valence-corrected chi connectivity index (χ2v) is 5.21. The lowest BCUT2D eigenvalue weighted by molar-refractivity contribution is -0.131. The molecule has 0 saturated carbocycles. The average Bonchev–Trinajstić information content (AvgIpc) is 2.88. The van der Waals surface area contributed by atoms with Gasteiger partial charge in [-0.25, -0.2) is 19.3 Å². The zero-order valence-corrected chi connectivity index (χ0v) is 14.5. The van der Waals surface area contributed by atoms with E-state index in [2.05, 4.69) is 15.4 Å². The molecular formula is C17H18N4O5. The largest absolute Gasteiger partial charge is 0.478 e. The van der Waals surface area contributed by atoms with E-state index in [1.807, 2.05) is 0 Å². The van der Waals surface area contributed by atoms with Crippen molar-refractivity contribution >= 4 is 23.5 Å². The number of ether oxygens (including phenoxy) is 1. The number of carbonyl (C=O) groups is 3. The number of carboxylic acid groups (broad SMARTS) is 1. The standard InChI is InChI=1S/C17H18N4O5/c1-4-26-17(25)15-10(2)20-21(11(15)3)16-12(6-5-9-18-16)19-13(22)7-8-14(23)24/h5-9H,4H2,1-3H3,(H,19,22)(H,23,24)/b8-7+. The first-order valence-corrected chi connectivity index (χ1v) is 7.75. The molecule has 1 amide bonds. The second-order valence-electron chi connectivity index (χ2n) is 5.21. The Kier molecular flexibility index (Phi) is 5.84. The maximum absolute atomic E-state index is 12.1. The molecule has 0 aliphatic rings. The minimum atomic E-state index is -1.23. The fourth-order valence-electron chi connectivity index (χ4n) is 2.33. The molecule has 0 aromatic carbocycles. The van der Waals surface area contributed by atoms with Gasteiger partial charge in [0.15, 0.2) is 5.82 Å². The molecule has 0 atom stereocenters. The first kappa shape index (κ1) is 18.8. The van der Waals surface area contributed by atoms with E-state index in [9.17, 15) is 14.4 Å². The SMILES string of the molecule is CCOC(=O)c1c(C)nn(-c2ncccc2NC(=O)/C=C/C(=O)O)c1C. The Labute approximate surface area is 149 Å². The number of anilines is 1. The number of nitrogens with zero attached hydrogens (tertiary/aromatic N) is 3. The first-order valence-electron chi connectivity index (χ1n) is 7.75. The van der Waals surface area contributed by atoms with Gasteiger partial charge in [0.2, 0.25) is 5.91 Å². The van der Waals surface area contributed by atoms with Gasteiger partial charge in [0.05, 0.1) is 23.7 Å². The van der Waals surface area contributed by atoms with Gasteiger partial charge >= 0.3 is 11.9 Å². The molecule has 0 spiro atoms. The number of nitrogens with one attached hydrogen (secondary N) is 1. The molecule has 0 radical (unpaired) electrons. The van der Waals surface area contributed by atoms with Crippen LogP contribution in [-0.2, 0) is 14.3 Å². The van der Waals surface area contributed by atoms with Gasteiger partial charge in [0.25, 0.3) is 0 Å². The lowest BCUT2D eigenvalue weighted by Gasteiger charge is -2.10. The van der Waals surface area contributed by atoms with Crippen molar-refractivity contribution in [1.82, 2.24) is 14.8 Å². The average molecular weight is 358 g/mol. The molecule has 2 aromatic rings. The second kappa shape index (κ2) is 8.06. The highest BCUT2D eigenvalue weighted by atomic mass is 16.5. The van der Waals surface area contributed by atoms with E-state index in [1.165, 1.54) is 10.9 Å². The maximum Gasteiger partial charge on any atom is 0.341 e. The normalized spacial score (nSPS) is 10.7. The van der Waals surface area contributed by atoms with Crippen LogP contribution >= 0.6 is 0 Å². The van der Waals surface area contributed by atoms with Crippen LogP contribution in [0.3, 0.4) is 0 Å². The topological polar surface area (TPSA) is 123 Å². The summed E-state index contributed by atoms with van der Waals surface area (Å²) in [5.74, 6) is -2.06. The predicted octanol–water partition coefficient (Wildman–Crippen LogP) is 1.64. The summed E-state index contributed by atoms with van der Waals surface area (Å²) >= 11 is 0. The monoisotopic (exact) mass is 358 g/mol. The number of hydrogen-bond acceptors (Lipinski definition) is 6. The highest BCUT2D eigenvalue weighted by Gasteiger charge is 2.22. The Bertz CT molecular complexity index is 885. The van der Waals surface area contributed by atoms with Crippen LogP contribution in [0.2, 0.25) is 0 Å². The third-order valence-electron chi connectivity index (χ3n) is 3.39. The number of aromatic nitrogens is 3. The number of amides is 1. The summed E-state index contributed by atoms with van der Waals surface area (Å²) in [7, 11) is 0. The lowest BCUT2D eigenvalue weighted by atomic mass is 10.2. The van der Waals surface area contributed by atoms with Crippen LogP contribution in [0.5, 0.6) is 0 Å². The maximum atomic E-state index is 12.1. The van der Waals surface area contributed by atoms with E-state index in [0.29, 0.717) is 28.5 Å². The number of carboxylic acids is 1. The third kappa shape index (κ3) is 4.12. The van der Waals surface area contributed by atoms with E-state index in [-0.39, 0.29) is 6.61 Å². The molecule has 2 aromatic heterocycles. The smallest absolute Gasteiger partial charge is 0.341 e. The van der Waals surface area contributed by atoms with Gasteiger partial charge in [-0.05, 0) is 32.9 Å². The zero-order chi connectivity index (χ0) is 19.3. The summed E-state index contributed by atoms with van der Waals surface area (Å²) in [5.41, 5.74) is 1.62. The number of rotatable bonds is 6. The fourth-order valence-corrected chi connectivity index (χ4v) is 2.33. The van der Waals surface area contributed by atoms with Crippen LogP contribution in [-0.4, -0.2) is 44.3 Å². The van der Waals surface area contributed by atoms with Crippen molar-refractivity contribution in [3.63, 3.8) is 0 Å². The summed E-state index contributed by atoms with van der Waals surface area (Å²) in [5, 5.41) is 15.5. The van der Waals surface area contributed by atoms with E-state index in [1.54, 1.807) is 32.9 Å². The van der Waals surface area contributed by atoms with Gasteiger partial charge in [-0.15, -0.1) is 0 Å². The third-order valence-corrected chi connectivity index (χ3v) is 3.39. The molecule has 2 rings (SSSR count). The number of aryl methyl sites for hydroxylation is 1. The minimum absolute atomic E-state index is 0.240. The van der Waals surface area contributed by atoms with Crippen LogP contribution in [0.4, 0.5) is 5.69 Å². The van der Waals surface area contributed by atoms with Crippen LogP contribution < -0.4 is 5.32 Å². The summed E-state index contributed by atoms with van der Waals surface area (Å²) < 4.78 is 6.47. The summed E-state index contributed by atoms with van der Waals surface area (Å²) in [6.07, 6.45) is 3.14. The van der Waals surface area contributed by atoms with Crippen molar-refractivity contribution in [3.05, 3.63) is 47.4 Å². The van der Waals surface area contributed by atoms with E-state index < -0.39 is 17.8 Å². The molecule has 26 heavy (non-hydrogen) atoms. The van der Waals surface area contributed by atoms with Gasteiger partial charge < -0.3 is 15.2 Å². The van der Waals surface area contributed by atoms with Crippen molar-refractivity contribution in [1.29, 1.82) is 0 Å². The van der Waals surface area contributed by atoms with E-state index in [0.717, 1.165) is 12.2 Å². The van der Waals surface area contributed by atoms with Crippen molar-refractivity contribution in [2.45, 2.75) is 20.8 Å². The van der Waals surface area contributed by atoms with Gasteiger partial charge in [-0.3, -0.25) is 4.79 Å². The van der Waals surface area contributed by atoms with Crippen molar-refractivity contribution in [2.24, 2.45) is 0 Å². The zero-order valence-electron chi connectivity index (χ0n) is 14.5. The van der Waals surface area contributed by atoms with Crippen molar-refractivity contribution in [2.75, 3.05) is 11.9 Å². The molecule has 136 valence electrons. The molecule has 0 saturated heterocycles. The molecule has 0 bridgehead atoms. The molecule has 9 nitrogen and oxygen atoms in total. The Morgan fingerprint density at radius 1 is 1.31 bits per heavy atom. The fraction of sp³-hybridized carbons (Fsp3) is 0.235. The number of aliphatic carboxylic acids is 1. The van der Waals surface area contributed by atoms with E-state index in [4.69, 9.17) is 9.84 Å².